The fourth-order valence-electron chi connectivity index (χ4n) is 9.89. The number of hydrogen-bond acceptors (Lipinski definition) is 13. The van der Waals surface area contributed by atoms with Crippen molar-refractivity contribution in [1.29, 1.82) is 0 Å². The monoisotopic (exact) mass is 939 g/mol. The Labute approximate surface area is 385 Å². The van der Waals surface area contributed by atoms with Gasteiger partial charge in [-0.2, -0.15) is 5.01 Å². The average molecular weight is 941 g/mol. The van der Waals surface area contributed by atoms with Crippen molar-refractivity contribution in [3.8, 4) is 34.5 Å². The van der Waals surface area contributed by atoms with Crippen LogP contribution in [0.25, 0.3) is 11.0 Å². The van der Waals surface area contributed by atoms with Crippen molar-refractivity contribution < 1.29 is 38.4 Å². The second kappa shape index (κ2) is 16.7. The SMILES string of the molecule is COc1ccc([C@@]23C(=O)N(Nc4ccc(Cl)cc4Cl)C(=O)[C@@H]2C[C@@H]2C(=CCn4c(=O)n(CCc5nc6cc(OC)c(OC)cc6n(C)c5=O)c(=O)n42)[C@@H]3c2cc(OC)c(O)c(OC)c2)cc1. The van der Waals surface area contributed by atoms with Crippen LogP contribution in [0.1, 0.15) is 35.2 Å². The molecule has 2 aromatic heterocycles. The fraction of sp³-hybridized carbons (Fsp3) is 0.304. The number of nitrogens with one attached hydrogen (secondary N) is 1. The number of fused-ring (bicyclic) bond motifs is 5. The summed E-state index contributed by atoms with van der Waals surface area (Å²) in [6.45, 7) is -0.305. The first kappa shape index (κ1) is 44.0. The number of carbonyl (C=O) groups excluding carboxylic acids is 2. The third-order valence-electron chi connectivity index (χ3n) is 13.0. The van der Waals surface area contributed by atoms with Crippen LogP contribution in [0.5, 0.6) is 34.5 Å². The van der Waals surface area contributed by atoms with Crippen LogP contribution in [0.15, 0.2) is 92.8 Å². The molecule has 1 saturated carbocycles. The number of carbonyl (C=O) groups is 2. The van der Waals surface area contributed by atoms with Crippen LogP contribution in [0.4, 0.5) is 5.69 Å². The second-order valence-corrected chi connectivity index (χ2v) is 16.9. The Morgan fingerprint density at radius 3 is 2.12 bits per heavy atom. The molecule has 4 atom stereocenters. The molecule has 6 aromatic rings. The van der Waals surface area contributed by atoms with Gasteiger partial charge in [-0.25, -0.2) is 28.5 Å². The molecule has 0 radical (unpaired) electrons. The summed E-state index contributed by atoms with van der Waals surface area (Å²) in [6, 6.07) is 16.8. The van der Waals surface area contributed by atoms with Crippen LogP contribution in [0, 0.1) is 5.92 Å². The second-order valence-electron chi connectivity index (χ2n) is 16.0. The number of allylic oxidation sites excluding steroid dienone is 2. The molecule has 342 valence electrons. The van der Waals surface area contributed by atoms with Gasteiger partial charge in [0.2, 0.25) is 5.75 Å². The van der Waals surface area contributed by atoms with Gasteiger partial charge in [0.25, 0.3) is 17.4 Å². The summed E-state index contributed by atoms with van der Waals surface area (Å²) in [4.78, 5) is 78.2. The number of rotatable bonds is 12. The van der Waals surface area contributed by atoms with Gasteiger partial charge in [-0.05, 0) is 65.6 Å². The molecule has 0 bridgehead atoms. The number of halogens is 2. The lowest BCUT2D eigenvalue weighted by molar-refractivity contribution is -0.138. The molecule has 2 fully saturated rings. The highest BCUT2D eigenvalue weighted by Crippen LogP contribution is 2.63. The zero-order chi connectivity index (χ0) is 46.9. The van der Waals surface area contributed by atoms with Gasteiger partial charge in [-0.3, -0.25) is 19.8 Å². The predicted molar refractivity (Wildman–Crippen MR) is 243 cm³/mol. The number of phenolic OH excluding ortho intramolecular Hbond substituents is 1. The first-order valence-electron chi connectivity index (χ1n) is 20.6. The van der Waals surface area contributed by atoms with Crippen molar-refractivity contribution in [3.63, 3.8) is 0 Å². The van der Waals surface area contributed by atoms with Gasteiger partial charge in [0, 0.05) is 43.1 Å². The van der Waals surface area contributed by atoms with E-state index in [4.69, 9.17) is 46.9 Å². The Morgan fingerprint density at radius 2 is 1.48 bits per heavy atom. The molecule has 0 spiro atoms. The van der Waals surface area contributed by atoms with Crippen molar-refractivity contribution >= 4 is 51.7 Å². The zero-order valence-electron chi connectivity index (χ0n) is 36.5. The van der Waals surface area contributed by atoms with E-state index in [0.717, 1.165) is 9.58 Å². The highest BCUT2D eigenvalue weighted by Gasteiger charge is 2.69. The van der Waals surface area contributed by atoms with E-state index in [0.29, 0.717) is 50.0 Å². The van der Waals surface area contributed by atoms with Crippen molar-refractivity contribution in [3.05, 3.63) is 137 Å². The molecule has 1 saturated heterocycles. The highest BCUT2D eigenvalue weighted by atomic mass is 35.5. The van der Waals surface area contributed by atoms with Crippen molar-refractivity contribution in [1.82, 2.24) is 28.5 Å². The number of amides is 2. The molecular formula is C46H43Cl2N7O11. The molecule has 20 heteroatoms. The number of phenols is 1. The van der Waals surface area contributed by atoms with Crippen LogP contribution in [0.2, 0.25) is 10.0 Å². The van der Waals surface area contributed by atoms with Crippen LogP contribution >= 0.6 is 23.2 Å². The van der Waals surface area contributed by atoms with E-state index in [1.807, 2.05) is 0 Å². The largest absolute Gasteiger partial charge is 0.502 e. The van der Waals surface area contributed by atoms with Gasteiger partial charge in [0.05, 0.1) is 81.2 Å². The first-order valence-corrected chi connectivity index (χ1v) is 21.4. The summed E-state index contributed by atoms with van der Waals surface area (Å²) in [5.41, 5.74) is 2.11. The van der Waals surface area contributed by atoms with Gasteiger partial charge >= 0.3 is 11.4 Å². The number of imide groups is 1. The quantitative estimate of drug-likeness (QED) is 0.123. The molecule has 4 heterocycles. The molecule has 4 aromatic carbocycles. The maximum Gasteiger partial charge on any atom is 0.347 e. The van der Waals surface area contributed by atoms with Crippen LogP contribution in [-0.4, -0.2) is 81.0 Å². The molecule has 18 nitrogen and oxygen atoms in total. The lowest BCUT2D eigenvalue weighted by atomic mass is 9.53. The summed E-state index contributed by atoms with van der Waals surface area (Å²) in [7, 11) is 8.81. The third kappa shape index (κ3) is 6.60. The average Bonchev–Trinajstić information content (AvgIpc) is 3.69. The van der Waals surface area contributed by atoms with Gasteiger partial charge in [-0.15, -0.1) is 0 Å². The number of hydrazine groups is 1. The normalized spacial score (nSPS) is 19.8. The fourth-order valence-corrected chi connectivity index (χ4v) is 10.3. The molecular weight excluding hydrogens is 897 g/mol. The molecule has 1 aliphatic carbocycles. The molecule has 0 unspecified atom stereocenters. The summed E-state index contributed by atoms with van der Waals surface area (Å²) in [5.74, 6) is -2.46. The molecule has 66 heavy (non-hydrogen) atoms. The van der Waals surface area contributed by atoms with E-state index in [1.165, 1.54) is 55.5 Å². The van der Waals surface area contributed by atoms with E-state index in [2.05, 4.69) is 10.4 Å². The van der Waals surface area contributed by atoms with E-state index in [9.17, 15) is 19.5 Å². The molecule has 2 aliphatic heterocycles. The Morgan fingerprint density at radius 1 is 0.818 bits per heavy atom. The number of nitrogens with zero attached hydrogens (tertiary/aromatic N) is 6. The lowest BCUT2D eigenvalue weighted by Gasteiger charge is -2.49. The van der Waals surface area contributed by atoms with E-state index < -0.39 is 52.0 Å². The van der Waals surface area contributed by atoms with Crippen LogP contribution < -0.4 is 46.0 Å². The molecule has 2 N–H and O–H groups in total. The number of aryl methyl sites for hydroxylation is 2. The highest BCUT2D eigenvalue weighted by molar-refractivity contribution is 6.36. The Balaban J connectivity index is 1.21. The number of aromatic nitrogens is 5. The zero-order valence-corrected chi connectivity index (χ0v) is 38.0. The molecule has 9 rings (SSSR count). The minimum absolute atomic E-state index is 0.0234. The van der Waals surface area contributed by atoms with E-state index in [1.54, 1.807) is 73.8 Å². The van der Waals surface area contributed by atoms with Gasteiger partial charge < -0.3 is 33.4 Å². The smallest absolute Gasteiger partial charge is 0.347 e. The van der Waals surface area contributed by atoms with Crippen LogP contribution in [0.3, 0.4) is 0 Å². The minimum Gasteiger partial charge on any atom is -0.502 e. The van der Waals surface area contributed by atoms with E-state index >= 15 is 9.59 Å². The summed E-state index contributed by atoms with van der Waals surface area (Å²) in [5, 5.41) is 12.5. The number of methoxy groups -OCH3 is 5. The van der Waals surface area contributed by atoms with Crippen molar-refractivity contribution in [2.75, 3.05) is 41.0 Å². The first-order chi connectivity index (χ1) is 31.7. The third-order valence-corrected chi connectivity index (χ3v) is 13.5. The van der Waals surface area contributed by atoms with E-state index in [-0.39, 0.29) is 59.6 Å². The van der Waals surface area contributed by atoms with Gasteiger partial charge in [0.15, 0.2) is 23.0 Å². The molecule has 2 amide bonds. The maximum absolute atomic E-state index is 15.7. The van der Waals surface area contributed by atoms with Gasteiger partial charge in [0.1, 0.15) is 11.4 Å². The lowest BCUT2D eigenvalue weighted by Crippen LogP contribution is -2.53. The van der Waals surface area contributed by atoms with Gasteiger partial charge in [-0.1, -0.05) is 41.4 Å². The number of anilines is 1. The number of benzene rings is 4. The van der Waals surface area contributed by atoms with Crippen molar-refractivity contribution in [2.24, 2.45) is 13.0 Å². The number of aromatic hydroxyl groups is 1. The summed E-state index contributed by atoms with van der Waals surface area (Å²) in [6.07, 6.45) is 1.60. The topological polar surface area (TPSA) is 200 Å². The molecule has 3 aliphatic rings. The number of ether oxygens (including phenoxy) is 5. The summed E-state index contributed by atoms with van der Waals surface area (Å²) >= 11 is 12.8. The Hall–Kier alpha value is -7.18. The Kier molecular flexibility index (Phi) is 11.1. The Bertz CT molecular complexity index is 3190. The van der Waals surface area contributed by atoms with Crippen LogP contribution in [-0.2, 0) is 41.6 Å². The summed E-state index contributed by atoms with van der Waals surface area (Å²) < 4.78 is 32.7. The standard InChI is InChI=1S/C46H43Cl2N7O11/c1-51-34-22-36(64-4)35(63-3)21-32(34)49-31(42(51)58)14-15-52-44(60)53-16-13-27-33(55(53)45(52)61)20-28-41(57)54(50-30-12-9-25(47)19-29(30)48)43(59)46(28,24-7-10-26(62-2)11-8-24)39(27)23-17-37(65-5)40(56)38(18-23)66-6/h7-13,17-19,21-22,28,33,39,50,56H,14-16,20H2,1-6H3/t28-,33+,39-,46+/m0/s1. The predicted octanol–water partition coefficient (Wildman–Crippen LogP) is 4.98. The number of hydrogen-bond donors (Lipinski definition) is 2. The maximum atomic E-state index is 15.7. The minimum atomic E-state index is -1.73. The van der Waals surface area contributed by atoms with Crippen molar-refractivity contribution in [2.45, 2.75) is 43.3 Å².